The molecule has 0 bridgehead atoms. The monoisotopic (exact) mass is 299 g/mol. The molecule has 1 amide bonds. The van der Waals surface area contributed by atoms with E-state index in [-0.39, 0.29) is 29.3 Å². The molecule has 0 aliphatic rings. The lowest BCUT2D eigenvalue weighted by Gasteiger charge is -2.14. The molecule has 0 radical (unpaired) electrons. The summed E-state index contributed by atoms with van der Waals surface area (Å²) in [6.45, 7) is 1.67. The number of nitrogens with one attached hydrogen (secondary N) is 1. The number of carbonyl (C=O) groups excluding carboxylic acids is 1. The van der Waals surface area contributed by atoms with Gasteiger partial charge in [-0.05, 0) is 25.5 Å². The van der Waals surface area contributed by atoms with E-state index in [0.717, 1.165) is 6.26 Å². The Kier molecular flexibility index (Phi) is 5.26. The van der Waals surface area contributed by atoms with Gasteiger partial charge in [-0.3, -0.25) is 9.59 Å². The van der Waals surface area contributed by atoms with Gasteiger partial charge in [0.15, 0.2) is 9.84 Å². The summed E-state index contributed by atoms with van der Waals surface area (Å²) in [5, 5.41) is 11.2. The number of carboxylic acid groups (broad SMARTS) is 1. The van der Waals surface area contributed by atoms with Crippen LogP contribution in [0, 0.1) is 0 Å². The summed E-state index contributed by atoms with van der Waals surface area (Å²) in [5.74, 6) is -1.47. The lowest BCUT2D eigenvalue weighted by Crippen LogP contribution is -2.33. The van der Waals surface area contributed by atoms with Crippen LogP contribution in [-0.2, 0) is 14.6 Å². The maximum absolute atomic E-state index is 12.0. The number of carboxylic acids is 1. The van der Waals surface area contributed by atoms with Crippen molar-refractivity contribution in [3.8, 4) is 0 Å². The Balaban J connectivity index is 2.86. The van der Waals surface area contributed by atoms with Crippen molar-refractivity contribution in [2.24, 2.45) is 0 Å². The molecule has 0 fully saturated rings. The summed E-state index contributed by atoms with van der Waals surface area (Å²) in [4.78, 5) is 22.5. The van der Waals surface area contributed by atoms with E-state index in [1.807, 2.05) is 0 Å². The Morgan fingerprint density at radius 2 is 1.90 bits per heavy atom. The Morgan fingerprint density at radius 3 is 2.45 bits per heavy atom. The van der Waals surface area contributed by atoms with Gasteiger partial charge in [-0.2, -0.15) is 0 Å². The van der Waals surface area contributed by atoms with Crippen molar-refractivity contribution in [2.75, 3.05) is 6.26 Å². The van der Waals surface area contributed by atoms with Crippen LogP contribution < -0.4 is 5.32 Å². The first-order valence-corrected chi connectivity index (χ1v) is 7.92. The molecule has 1 rings (SSSR count). The van der Waals surface area contributed by atoms with Crippen molar-refractivity contribution in [1.29, 1.82) is 0 Å². The summed E-state index contributed by atoms with van der Waals surface area (Å²) in [7, 11) is -3.49. The Morgan fingerprint density at radius 1 is 1.30 bits per heavy atom. The van der Waals surface area contributed by atoms with Crippen LogP contribution in [-0.4, -0.2) is 37.7 Å². The fourth-order valence-electron chi connectivity index (χ4n) is 1.69. The minimum absolute atomic E-state index is 0.0389. The number of aliphatic carboxylic acids is 1. The van der Waals surface area contributed by atoms with Crippen LogP contribution in [0.3, 0.4) is 0 Å². The van der Waals surface area contributed by atoms with Crippen LogP contribution in [0.2, 0.25) is 0 Å². The summed E-state index contributed by atoms with van der Waals surface area (Å²) >= 11 is 0. The molecule has 7 heteroatoms. The van der Waals surface area contributed by atoms with Gasteiger partial charge in [-0.25, -0.2) is 8.42 Å². The number of benzene rings is 1. The highest BCUT2D eigenvalue weighted by atomic mass is 32.2. The van der Waals surface area contributed by atoms with E-state index >= 15 is 0 Å². The average Bonchev–Trinajstić information content (AvgIpc) is 2.35. The SMILES string of the molecule is CC(CCC(=O)O)NC(=O)c1ccccc1S(C)(=O)=O. The molecule has 0 saturated heterocycles. The largest absolute Gasteiger partial charge is 0.481 e. The molecule has 0 saturated carbocycles. The maximum Gasteiger partial charge on any atom is 0.303 e. The fourth-order valence-corrected chi connectivity index (χ4v) is 2.58. The number of carbonyl (C=O) groups is 2. The first-order valence-electron chi connectivity index (χ1n) is 6.03. The Labute approximate surface area is 117 Å². The van der Waals surface area contributed by atoms with Crippen molar-refractivity contribution >= 4 is 21.7 Å². The van der Waals surface area contributed by atoms with Crippen LogP contribution in [0.15, 0.2) is 29.2 Å². The Hall–Kier alpha value is -1.89. The number of rotatable bonds is 6. The molecular formula is C13H17NO5S. The van der Waals surface area contributed by atoms with Crippen molar-refractivity contribution in [1.82, 2.24) is 5.32 Å². The molecule has 0 spiro atoms. The predicted octanol–water partition coefficient (Wildman–Crippen LogP) is 1.07. The summed E-state index contributed by atoms with van der Waals surface area (Å²) in [5.41, 5.74) is 0.0668. The van der Waals surface area contributed by atoms with Gasteiger partial charge in [0.05, 0.1) is 10.5 Å². The molecule has 0 aromatic heterocycles. The van der Waals surface area contributed by atoms with Gasteiger partial charge >= 0.3 is 5.97 Å². The second-order valence-corrected chi connectivity index (χ2v) is 6.56. The van der Waals surface area contributed by atoms with Gasteiger partial charge in [0.1, 0.15) is 0 Å². The second-order valence-electron chi connectivity index (χ2n) is 4.58. The molecule has 20 heavy (non-hydrogen) atoms. The molecule has 0 heterocycles. The van der Waals surface area contributed by atoms with Crippen LogP contribution in [0.25, 0.3) is 0 Å². The molecule has 1 aromatic carbocycles. The molecule has 0 aliphatic heterocycles. The highest BCUT2D eigenvalue weighted by Crippen LogP contribution is 2.15. The van der Waals surface area contributed by atoms with E-state index in [2.05, 4.69) is 5.32 Å². The number of amides is 1. The minimum atomic E-state index is -3.49. The third kappa shape index (κ3) is 4.65. The standard InChI is InChI=1S/C13H17NO5S/c1-9(7-8-12(15)16)14-13(17)10-5-3-4-6-11(10)20(2,18)19/h3-6,9H,7-8H2,1-2H3,(H,14,17)(H,15,16). The quantitative estimate of drug-likeness (QED) is 0.818. The lowest BCUT2D eigenvalue weighted by molar-refractivity contribution is -0.137. The van der Waals surface area contributed by atoms with Crippen molar-refractivity contribution in [3.05, 3.63) is 29.8 Å². The lowest BCUT2D eigenvalue weighted by atomic mass is 10.1. The first kappa shape index (κ1) is 16.2. The Bertz CT molecular complexity index is 609. The van der Waals surface area contributed by atoms with E-state index in [1.54, 1.807) is 19.1 Å². The van der Waals surface area contributed by atoms with Crippen LogP contribution >= 0.6 is 0 Å². The van der Waals surface area contributed by atoms with E-state index in [4.69, 9.17) is 5.11 Å². The first-order chi connectivity index (χ1) is 9.21. The van der Waals surface area contributed by atoms with Gasteiger partial charge < -0.3 is 10.4 Å². The highest BCUT2D eigenvalue weighted by molar-refractivity contribution is 7.90. The third-order valence-electron chi connectivity index (χ3n) is 2.70. The molecule has 2 N–H and O–H groups in total. The minimum Gasteiger partial charge on any atom is -0.481 e. The molecule has 6 nitrogen and oxygen atoms in total. The molecule has 110 valence electrons. The van der Waals surface area contributed by atoms with Gasteiger partial charge in [0.2, 0.25) is 0 Å². The van der Waals surface area contributed by atoms with Gasteiger partial charge in [-0.1, -0.05) is 12.1 Å². The predicted molar refractivity (Wildman–Crippen MR) is 73.3 cm³/mol. The fraction of sp³-hybridized carbons (Fsp3) is 0.385. The maximum atomic E-state index is 12.0. The zero-order valence-electron chi connectivity index (χ0n) is 11.3. The second kappa shape index (κ2) is 6.51. The van der Waals surface area contributed by atoms with Crippen LogP contribution in [0.1, 0.15) is 30.1 Å². The summed E-state index contributed by atoms with van der Waals surface area (Å²) in [6, 6.07) is 5.56. The molecule has 1 aromatic rings. The topological polar surface area (TPSA) is 101 Å². The molecule has 1 unspecified atom stereocenters. The normalized spacial score (nSPS) is 12.7. The number of hydrogen-bond acceptors (Lipinski definition) is 4. The van der Waals surface area contributed by atoms with E-state index < -0.39 is 21.7 Å². The van der Waals surface area contributed by atoms with Crippen molar-refractivity contribution in [3.63, 3.8) is 0 Å². The van der Waals surface area contributed by atoms with Crippen LogP contribution in [0.4, 0.5) is 0 Å². The zero-order chi connectivity index (χ0) is 15.3. The van der Waals surface area contributed by atoms with Crippen molar-refractivity contribution < 1.29 is 23.1 Å². The third-order valence-corrected chi connectivity index (χ3v) is 3.85. The van der Waals surface area contributed by atoms with Crippen LogP contribution in [0.5, 0.6) is 0 Å². The number of hydrogen-bond donors (Lipinski definition) is 2. The average molecular weight is 299 g/mol. The smallest absolute Gasteiger partial charge is 0.303 e. The highest BCUT2D eigenvalue weighted by Gasteiger charge is 2.19. The van der Waals surface area contributed by atoms with Gasteiger partial charge in [-0.15, -0.1) is 0 Å². The number of sulfone groups is 1. The van der Waals surface area contributed by atoms with E-state index in [0.29, 0.717) is 0 Å². The zero-order valence-corrected chi connectivity index (χ0v) is 12.1. The summed E-state index contributed by atoms with van der Waals surface area (Å²) in [6.07, 6.45) is 1.25. The van der Waals surface area contributed by atoms with Gasteiger partial charge in [0, 0.05) is 18.7 Å². The molecule has 0 aliphatic carbocycles. The molecule has 1 atom stereocenters. The van der Waals surface area contributed by atoms with Crippen molar-refractivity contribution in [2.45, 2.75) is 30.7 Å². The van der Waals surface area contributed by atoms with Gasteiger partial charge in [0.25, 0.3) is 5.91 Å². The molecular weight excluding hydrogens is 282 g/mol. The van der Waals surface area contributed by atoms with E-state index in [1.165, 1.54) is 12.1 Å². The van der Waals surface area contributed by atoms with E-state index in [9.17, 15) is 18.0 Å². The summed E-state index contributed by atoms with van der Waals surface area (Å²) < 4.78 is 23.2.